The van der Waals surface area contributed by atoms with Crippen LogP contribution in [-0.2, 0) is 27.3 Å². The molecule has 1 saturated carbocycles. The third kappa shape index (κ3) is 3.27. The van der Waals surface area contributed by atoms with E-state index in [1.165, 1.54) is 25.7 Å². The molecule has 3 N–H and O–H groups in total. The summed E-state index contributed by atoms with van der Waals surface area (Å²) in [5.41, 5.74) is 9.03. The van der Waals surface area contributed by atoms with Crippen molar-refractivity contribution in [1.29, 1.82) is 0 Å². The molecule has 1 spiro atoms. The molecule has 2 bridgehead atoms. The summed E-state index contributed by atoms with van der Waals surface area (Å²) in [5.74, 6) is -1.43. The number of nitrogens with zero attached hydrogens (tertiary/aromatic N) is 2. The van der Waals surface area contributed by atoms with Gasteiger partial charge in [-0.2, -0.15) is 0 Å². The molecule has 4 aliphatic carbocycles. The molecule has 6 aliphatic rings. The summed E-state index contributed by atoms with van der Waals surface area (Å²) in [7, 11) is 6.89. The van der Waals surface area contributed by atoms with Crippen molar-refractivity contribution in [3.05, 3.63) is 45.2 Å². The minimum Gasteiger partial charge on any atom is -0.507 e. The lowest BCUT2D eigenvalue weighted by molar-refractivity contribution is -0.138. The van der Waals surface area contributed by atoms with E-state index in [1.54, 1.807) is 20.3 Å². The molecule has 218 valence electrons. The van der Waals surface area contributed by atoms with Crippen LogP contribution in [-0.4, -0.2) is 78.8 Å². The number of phenolic OH excluding ortho intramolecular Hbond substituents is 1. The van der Waals surface area contributed by atoms with Gasteiger partial charge in [0.2, 0.25) is 5.91 Å². The van der Waals surface area contributed by atoms with Crippen LogP contribution in [0.1, 0.15) is 60.5 Å². The number of carbonyl (C=O) groups excluding carboxylic acids is 3. The minimum atomic E-state index is -1.04. The number of ketones is 2. The Labute approximate surface area is 240 Å². The number of ether oxygens (including phenoxy) is 2. The Morgan fingerprint density at radius 2 is 1.80 bits per heavy atom. The fraction of sp³-hybridized carbons (Fsp3) is 0.594. The molecule has 1 aromatic carbocycles. The number of amides is 1. The molecule has 2 saturated heterocycles. The van der Waals surface area contributed by atoms with Gasteiger partial charge in [0, 0.05) is 41.2 Å². The molecule has 0 radical (unpaired) electrons. The van der Waals surface area contributed by atoms with E-state index in [0.717, 1.165) is 16.7 Å². The lowest BCUT2D eigenvalue weighted by Crippen LogP contribution is -2.58. The summed E-state index contributed by atoms with van der Waals surface area (Å²) in [5, 5.41) is 11.3. The number of methoxy groups -OCH3 is 2. The molecule has 1 aromatic rings. The van der Waals surface area contributed by atoms with Gasteiger partial charge in [-0.25, -0.2) is 0 Å². The molecule has 9 nitrogen and oxygen atoms in total. The lowest BCUT2D eigenvalue weighted by Gasteiger charge is -2.49. The summed E-state index contributed by atoms with van der Waals surface area (Å²) in [6.07, 6.45) is 5.89. The number of allylic oxidation sites excluding steroid dienone is 2. The van der Waals surface area contributed by atoms with Gasteiger partial charge < -0.3 is 20.3 Å². The first-order chi connectivity index (χ1) is 19.6. The number of phenols is 1. The van der Waals surface area contributed by atoms with E-state index in [1.807, 2.05) is 25.9 Å². The molecule has 2 aliphatic heterocycles. The highest BCUT2D eigenvalue weighted by atomic mass is 16.5. The Balaban J connectivity index is 1.36. The van der Waals surface area contributed by atoms with Crippen molar-refractivity contribution in [3.63, 3.8) is 0 Å². The molecular formula is C32H39N3O6. The zero-order valence-electron chi connectivity index (χ0n) is 24.5. The molecule has 5 atom stereocenters. The molecule has 2 heterocycles. The van der Waals surface area contributed by atoms with Crippen LogP contribution in [0.15, 0.2) is 28.5 Å². The number of fused-ring (bicyclic) bond motifs is 4. The molecule has 0 aromatic heterocycles. The van der Waals surface area contributed by atoms with E-state index in [2.05, 4.69) is 4.90 Å². The lowest BCUT2D eigenvalue weighted by atomic mass is 9.56. The number of likely N-dealkylation sites (N-methyl/N-ethyl adjacent to an activating group) is 1. The maximum Gasteiger partial charge on any atom is 0.232 e. The van der Waals surface area contributed by atoms with Crippen molar-refractivity contribution < 1.29 is 29.0 Å². The fourth-order valence-corrected chi connectivity index (χ4v) is 9.79. The predicted octanol–water partition coefficient (Wildman–Crippen LogP) is 2.73. The van der Waals surface area contributed by atoms with Crippen LogP contribution in [0.2, 0.25) is 0 Å². The van der Waals surface area contributed by atoms with Gasteiger partial charge in [-0.1, -0.05) is 5.57 Å². The Kier molecular flexibility index (Phi) is 5.81. The summed E-state index contributed by atoms with van der Waals surface area (Å²) < 4.78 is 12.1. The van der Waals surface area contributed by atoms with Gasteiger partial charge in [0.15, 0.2) is 11.6 Å². The van der Waals surface area contributed by atoms with Gasteiger partial charge in [0.05, 0.1) is 31.2 Å². The number of rotatable bonds is 6. The van der Waals surface area contributed by atoms with Crippen molar-refractivity contribution in [3.8, 4) is 11.5 Å². The van der Waals surface area contributed by atoms with Gasteiger partial charge in [0.25, 0.3) is 0 Å². The van der Waals surface area contributed by atoms with E-state index >= 15 is 0 Å². The molecule has 1 amide bonds. The van der Waals surface area contributed by atoms with Gasteiger partial charge in [-0.3, -0.25) is 24.2 Å². The standard InChI is InChI=1S/C32H39N3O6/c1-14-25-24(31(33)39)28(38)26(34(2)3)20-11-15-10-19-23(27(37)22(15)30(41-5)32(14,20)25)21(36)12-16(29(19)40-4)13-35-17-6-7-18(35)9-8-17/h12,15,17-18,20,24,26,36H,6-11,13H2,1-5H3,(H2,33,39). The number of aromatic hydroxyl groups is 1. The first-order valence-electron chi connectivity index (χ1n) is 14.8. The van der Waals surface area contributed by atoms with Crippen molar-refractivity contribution in [2.75, 3.05) is 28.3 Å². The van der Waals surface area contributed by atoms with Gasteiger partial charge in [-0.05, 0) is 77.1 Å². The Morgan fingerprint density at radius 3 is 2.37 bits per heavy atom. The number of benzene rings is 1. The maximum atomic E-state index is 14.4. The van der Waals surface area contributed by atoms with Crippen LogP contribution in [0.3, 0.4) is 0 Å². The van der Waals surface area contributed by atoms with Gasteiger partial charge >= 0.3 is 0 Å². The molecule has 41 heavy (non-hydrogen) atoms. The SMILES string of the molecule is COC1=C2C(=O)c3c(O)cc(CN4C5CCC4CC5)c(OC)c3CC2CC2C(N(C)C)C(=O)C(C(N)=O)C3=C(C)C132. The second-order valence-corrected chi connectivity index (χ2v) is 13.1. The Morgan fingerprint density at radius 1 is 1.15 bits per heavy atom. The molecule has 7 rings (SSSR count). The topological polar surface area (TPSA) is 122 Å². The Hall–Kier alpha value is -3.17. The van der Waals surface area contributed by atoms with Crippen LogP contribution in [0.5, 0.6) is 11.5 Å². The minimum absolute atomic E-state index is 0.0333. The Bertz CT molecular complexity index is 1460. The summed E-state index contributed by atoms with van der Waals surface area (Å²) >= 11 is 0. The number of nitrogens with two attached hydrogens (primary N) is 1. The zero-order valence-corrected chi connectivity index (χ0v) is 24.5. The van der Waals surface area contributed by atoms with Crippen LogP contribution in [0.4, 0.5) is 0 Å². The van der Waals surface area contributed by atoms with Crippen LogP contribution >= 0.6 is 0 Å². The highest BCUT2D eigenvalue weighted by Gasteiger charge is 2.72. The van der Waals surface area contributed by atoms with Crippen molar-refractivity contribution in [2.45, 2.75) is 70.1 Å². The summed E-state index contributed by atoms with van der Waals surface area (Å²) in [6, 6.07) is 2.29. The van der Waals surface area contributed by atoms with E-state index in [4.69, 9.17) is 15.2 Å². The third-order valence-corrected chi connectivity index (χ3v) is 11.3. The highest BCUT2D eigenvalue weighted by Crippen LogP contribution is 2.73. The number of carbonyl (C=O) groups is 3. The first kappa shape index (κ1) is 26.7. The molecule has 5 unspecified atom stereocenters. The monoisotopic (exact) mass is 561 g/mol. The van der Waals surface area contributed by atoms with E-state index in [0.29, 0.717) is 54.1 Å². The average Bonchev–Trinajstić information content (AvgIpc) is 3.18. The number of primary amides is 1. The first-order valence-corrected chi connectivity index (χ1v) is 14.8. The second kappa shape index (κ2) is 8.91. The van der Waals surface area contributed by atoms with Crippen LogP contribution in [0.25, 0.3) is 0 Å². The van der Waals surface area contributed by atoms with Crippen LogP contribution in [0, 0.1) is 23.2 Å². The predicted molar refractivity (Wildman–Crippen MR) is 150 cm³/mol. The number of hydrogen-bond acceptors (Lipinski definition) is 8. The molecule has 9 heteroatoms. The number of hydrogen-bond donors (Lipinski definition) is 2. The molecule has 3 fully saturated rings. The van der Waals surface area contributed by atoms with E-state index < -0.39 is 23.3 Å². The quantitative estimate of drug-likeness (QED) is 0.402. The van der Waals surface area contributed by atoms with E-state index in [-0.39, 0.29) is 34.7 Å². The highest BCUT2D eigenvalue weighted by molar-refractivity contribution is 6.15. The number of Topliss-reactive ketones (excluding diaryl/α,β-unsaturated/α-hetero) is 2. The van der Waals surface area contributed by atoms with Crippen molar-refractivity contribution in [2.24, 2.45) is 28.9 Å². The zero-order chi connectivity index (χ0) is 29.1. The van der Waals surface area contributed by atoms with Crippen molar-refractivity contribution in [1.82, 2.24) is 9.80 Å². The van der Waals surface area contributed by atoms with Gasteiger partial charge in [0.1, 0.15) is 23.2 Å². The molecular weight excluding hydrogens is 522 g/mol. The van der Waals surface area contributed by atoms with E-state index in [9.17, 15) is 19.5 Å². The van der Waals surface area contributed by atoms with Gasteiger partial charge in [-0.15, -0.1) is 0 Å². The summed E-state index contributed by atoms with van der Waals surface area (Å²) in [6.45, 7) is 2.61. The summed E-state index contributed by atoms with van der Waals surface area (Å²) in [4.78, 5) is 45.1. The average molecular weight is 562 g/mol. The second-order valence-electron chi connectivity index (χ2n) is 13.1. The normalized spacial score (nSPS) is 35.4. The third-order valence-electron chi connectivity index (χ3n) is 11.3. The van der Waals surface area contributed by atoms with Crippen LogP contribution < -0.4 is 10.5 Å². The van der Waals surface area contributed by atoms with Crippen molar-refractivity contribution >= 4 is 17.5 Å². The smallest absolute Gasteiger partial charge is 0.232 e. The fourth-order valence-electron chi connectivity index (χ4n) is 9.79. The largest absolute Gasteiger partial charge is 0.507 e. The maximum absolute atomic E-state index is 14.4.